The van der Waals surface area contributed by atoms with E-state index in [1.165, 1.54) is 32.7 Å². The van der Waals surface area contributed by atoms with Crippen molar-refractivity contribution in [1.82, 2.24) is 4.98 Å². The van der Waals surface area contributed by atoms with Crippen molar-refractivity contribution in [2.75, 3.05) is 0 Å². The van der Waals surface area contributed by atoms with E-state index in [9.17, 15) is 0 Å². The van der Waals surface area contributed by atoms with E-state index in [0.29, 0.717) is 5.92 Å². The number of aromatic nitrogens is 1. The van der Waals surface area contributed by atoms with Crippen molar-refractivity contribution in [3.05, 3.63) is 71.9 Å². The quantitative estimate of drug-likeness (QED) is 0.637. The molecule has 0 fully saturated rings. The summed E-state index contributed by atoms with van der Waals surface area (Å²) in [7, 11) is 0. The number of aromatic amines is 1. The monoisotopic (exact) mass is 267 g/mol. The van der Waals surface area contributed by atoms with Crippen molar-refractivity contribution in [1.29, 1.82) is 0 Å². The third-order valence-electron chi connectivity index (χ3n) is 4.14. The van der Waals surface area contributed by atoms with E-state index >= 15 is 0 Å². The van der Waals surface area contributed by atoms with Crippen LogP contribution in [-0.4, -0.2) is 22.7 Å². The van der Waals surface area contributed by atoms with Gasteiger partial charge in [-0.2, -0.15) is 0 Å². The summed E-state index contributed by atoms with van der Waals surface area (Å²) in [5, 5.41) is 1.32. The van der Waals surface area contributed by atoms with Gasteiger partial charge in [0.25, 0.3) is 0 Å². The molecule has 0 saturated heterocycles. The molecule has 1 aromatic heterocycles. The summed E-state index contributed by atoms with van der Waals surface area (Å²) in [4.78, 5) is 3.19. The molecule has 1 nitrogen and oxygen atoms in total. The molecule has 1 aliphatic carbocycles. The zero-order valence-corrected chi connectivity index (χ0v) is 12.6. The van der Waals surface area contributed by atoms with Crippen LogP contribution < -0.4 is 4.24 Å². The van der Waals surface area contributed by atoms with Gasteiger partial charge in [0.05, 0.1) is 0 Å². The molecule has 0 spiro atoms. The third-order valence-corrected chi connectivity index (χ3v) is 4.14. The molecule has 0 aliphatic heterocycles. The molecule has 0 radical (unpaired) electrons. The SMILES string of the molecule is CCC1C=Cc2ccccc21.[Li][c]1c[nH]c2ccccc12. The molecule has 0 amide bonds. The summed E-state index contributed by atoms with van der Waals surface area (Å²) >= 11 is 2.11. The van der Waals surface area contributed by atoms with E-state index in [4.69, 9.17) is 0 Å². The van der Waals surface area contributed by atoms with E-state index in [1.807, 2.05) is 12.3 Å². The molecule has 1 aliphatic rings. The van der Waals surface area contributed by atoms with Gasteiger partial charge in [0.15, 0.2) is 0 Å². The Morgan fingerprint density at radius 1 is 1.05 bits per heavy atom. The van der Waals surface area contributed by atoms with Crippen molar-refractivity contribution < 1.29 is 0 Å². The predicted molar refractivity (Wildman–Crippen MR) is 92.2 cm³/mol. The van der Waals surface area contributed by atoms with E-state index in [1.54, 1.807) is 0 Å². The van der Waals surface area contributed by atoms with Crippen LogP contribution in [0.5, 0.6) is 0 Å². The summed E-state index contributed by atoms with van der Waals surface area (Å²) in [5.74, 6) is 0.672. The normalized spacial score (nSPS) is 15.7. The number of rotatable bonds is 1. The molecule has 100 valence electrons. The summed E-state index contributed by atoms with van der Waals surface area (Å²) in [5.41, 5.74) is 4.12. The van der Waals surface area contributed by atoms with E-state index in [0.717, 1.165) is 0 Å². The molecule has 1 N–H and O–H groups in total. The molecule has 4 rings (SSSR count). The fourth-order valence-electron chi connectivity index (χ4n) is 2.90. The number of para-hydroxylation sites is 1. The van der Waals surface area contributed by atoms with Gasteiger partial charge in [-0.25, -0.2) is 0 Å². The Kier molecular flexibility index (Phi) is 4.34. The number of nitrogens with one attached hydrogen (secondary N) is 1. The topological polar surface area (TPSA) is 15.8 Å². The van der Waals surface area contributed by atoms with Crippen LogP contribution in [-0.2, 0) is 0 Å². The Morgan fingerprint density at radius 3 is 2.62 bits per heavy atom. The van der Waals surface area contributed by atoms with Gasteiger partial charge in [-0.3, -0.25) is 0 Å². The van der Waals surface area contributed by atoms with Gasteiger partial charge in [-0.1, -0.05) is 43.3 Å². The first-order chi connectivity index (χ1) is 10.3. The standard InChI is InChI=1S/C11H12.C8H6N.Li/c1-2-9-7-8-10-5-3-4-6-11(9)10;1-2-4-8-7(3-1)5-6-9-8;/h3-9H,2H2,1H3;1-4,6,9H;. The average Bonchev–Trinajstić information content (AvgIpc) is 3.12. The summed E-state index contributed by atoms with van der Waals surface area (Å²) in [6.07, 6.45) is 7.77. The van der Waals surface area contributed by atoms with Gasteiger partial charge in [-0.05, 0) is 17.5 Å². The zero-order valence-electron chi connectivity index (χ0n) is 12.6. The van der Waals surface area contributed by atoms with Crippen molar-refractivity contribution in [2.24, 2.45) is 0 Å². The van der Waals surface area contributed by atoms with E-state index in [-0.39, 0.29) is 0 Å². The van der Waals surface area contributed by atoms with Crippen molar-refractivity contribution in [3.8, 4) is 0 Å². The Balaban J connectivity index is 0.000000126. The maximum absolute atomic E-state index is 3.19. The van der Waals surface area contributed by atoms with Gasteiger partial charge < -0.3 is 0 Å². The Bertz CT molecular complexity index is 770. The van der Waals surface area contributed by atoms with Gasteiger partial charge in [0, 0.05) is 5.92 Å². The fourth-order valence-corrected chi connectivity index (χ4v) is 2.90. The Morgan fingerprint density at radius 2 is 1.81 bits per heavy atom. The zero-order chi connectivity index (χ0) is 14.7. The first-order valence-electron chi connectivity index (χ1n) is 7.59. The third kappa shape index (κ3) is 3.00. The number of benzene rings is 2. The molecule has 0 bridgehead atoms. The van der Waals surface area contributed by atoms with Crippen LogP contribution in [0.4, 0.5) is 0 Å². The second-order valence-corrected chi connectivity index (χ2v) is 5.52. The van der Waals surface area contributed by atoms with Crippen LogP contribution in [0, 0.1) is 0 Å². The van der Waals surface area contributed by atoms with Gasteiger partial charge >= 0.3 is 68.3 Å². The minimum absolute atomic E-state index is 0.672. The number of hydrogen-bond donors (Lipinski definition) is 1. The molecular formula is C19H18LiN. The average molecular weight is 267 g/mol. The first kappa shape index (κ1) is 14.3. The van der Waals surface area contributed by atoms with Gasteiger partial charge in [-0.15, -0.1) is 0 Å². The summed E-state index contributed by atoms with van der Waals surface area (Å²) in [6, 6.07) is 16.9. The van der Waals surface area contributed by atoms with Crippen molar-refractivity contribution in [2.45, 2.75) is 19.3 Å². The van der Waals surface area contributed by atoms with Gasteiger partial charge in [0.1, 0.15) is 0 Å². The van der Waals surface area contributed by atoms with Crippen LogP contribution in [0.3, 0.4) is 0 Å². The second-order valence-electron chi connectivity index (χ2n) is 5.52. The molecule has 3 aromatic rings. The molecule has 2 aromatic carbocycles. The molecule has 0 saturated carbocycles. The van der Waals surface area contributed by atoms with Crippen molar-refractivity contribution in [3.63, 3.8) is 0 Å². The molecule has 1 heterocycles. The molecule has 21 heavy (non-hydrogen) atoms. The summed E-state index contributed by atoms with van der Waals surface area (Å²) in [6.45, 7) is 2.23. The van der Waals surface area contributed by atoms with Crippen LogP contribution in [0.1, 0.15) is 30.4 Å². The van der Waals surface area contributed by atoms with Crippen LogP contribution in [0.25, 0.3) is 17.0 Å². The number of allylic oxidation sites excluding steroid dienone is 1. The van der Waals surface area contributed by atoms with Crippen LogP contribution in [0.2, 0.25) is 0 Å². The predicted octanol–water partition coefficient (Wildman–Crippen LogP) is 4.17. The van der Waals surface area contributed by atoms with Gasteiger partial charge in [0.2, 0.25) is 0 Å². The minimum atomic E-state index is 0.672. The van der Waals surface area contributed by atoms with Crippen LogP contribution in [0.15, 0.2) is 60.8 Å². The number of H-pyrrole nitrogens is 1. The molecule has 1 unspecified atom stereocenters. The van der Waals surface area contributed by atoms with E-state index < -0.39 is 0 Å². The number of hydrogen-bond acceptors (Lipinski definition) is 0. The van der Waals surface area contributed by atoms with Crippen molar-refractivity contribution >= 4 is 38.9 Å². The Labute approximate surface area is 135 Å². The molecule has 1 atom stereocenters. The second kappa shape index (κ2) is 6.39. The van der Waals surface area contributed by atoms with E-state index in [2.05, 4.69) is 84.2 Å². The number of fused-ring (bicyclic) bond motifs is 2. The first-order valence-corrected chi connectivity index (χ1v) is 7.59. The Hall–Kier alpha value is -1.68. The maximum atomic E-state index is 3.19. The summed E-state index contributed by atoms with van der Waals surface area (Å²) < 4.78 is 1.32. The van der Waals surface area contributed by atoms with Crippen LogP contribution >= 0.6 is 0 Å². The molecule has 2 heteroatoms. The fraction of sp³-hybridized carbons (Fsp3) is 0.158. The molecular weight excluding hydrogens is 249 g/mol.